The predicted molar refractivity (Wildman–Crippen MR) is 122 cm³/mol. The molecular weight excluding hydrogens is 453 g/mol. The van der Waals surface area contributed by atoms with Crippen LogP contribution < -0.4 is 15.4 Å². The molecule has 0 spiro atoms. The van der Waals surface area contributed by atoms with E-state index in [0.29, 0.717) is 19.0 Å². The van der Waals surface area contributed by atoms with Crippen LogP contribution in [0.3, 0.4) is 0 Å². The Hall–Kier alpha value is -1.77. The molecule has 0 aliphatic carbocycles. The highest BCUT2D eigenvalue weighted by Gasteiger charge is 2.09. The molecule has 27 heavy (non-hydrogen) atoms. The van der Waals surface area contributed by atoms with Crippen molar-refractivity contribution in [3.05, 3.63) is 46.8 Å². The summed E-state index contributed by atoms with van der Waals surface area (Å²) in [7, 11) is 3.74. The molecule has 1 heterocycles. The number of hydrogen-bond acceptors (Lipinski definition) is 3. The molecule has 0 radical (unpaired) electrons. The molecule has 0 aliphatic rings. The molecule has 0 aliphatic heterocycles. The van der Waals surface area contributed by atoms with Crippen molar-refractivity contribution in [2.24, 2.45) is 18.0 Å². The Balaban J connectivity index is 0.00000364. The second-order valence-corrected chi connectivity index (χ2v) is 6.90. The molecule has 2 rings (SSSR count). The highest BCUT2D eigenvalue weighted by atomic mass is 127. The van der Waals surface area contributed by atoms with Gasteiger partial charge < -0.3 is 15.4 Å². The van der Waals surface area contributed by atoms with E-state index in [9.17, 15) is 0 Å². The Morgan fingerprint density at radius 3 is 2.30 bits per heavy atom. The number of nitrogens with zero attached hydrogens (tertiary/aromatic N) is 3. The van der Waals surface area contributed by atoms with E-state index in [4.69, 9.17) is 4.74 Å². The molecule has 150 valence electrons. The highest BCUT2D eigenvalue weighted by Crippen LogP contribution is 2.13. The maximum Gasteiger partial charge on any atom is 0.191 e. The van der Waals surface area contributed by atoms with Gasteiger partial charge in [-0.25, -0.2) is 0 Å². The van der Waals surface area contributed by atoms with Gasteiger partial charge in [-0.3, -0.25) is 9.67 Å². The monoisotopic (exact) mass is 485 g/mol. The molecule has 0 unspecified atom stereocenters. The van der Waals surface area contributed by atoms with Gasteiger partial charge in [0.15, 0.2) is 5.96 Å². The van der Waals surface area contributed by atoms with Crippen molar-refractivity contribution >= 4 is 29.9 Å². The van der Waals surface area contributed by atoms with Gasteiger partial charge in [0, 0.05) is 38.4 Å². The van der Waals surface area contributed by atoms with E-state index in [0.717, 1.165) is 24.0 Å². The number of halogens is 1. The normalized spacial score (nSPS) is 11.3. The summed E-state index contributed by atoms with van der Waals surface area (Å²) in [6.07, 6.45) is 0. The van der Waals surface area contributed by atoms with E-state index in [-0.39, 0.29) is 24.0 Å². The topological polar surface area (TPSA) is 63.5 Å². The van der Waals surface area contributed by atoms with Gasteiger partial charge in [0.25, 0.3) is 0 Å². The molecule has 0 atom stereocenters. The third kappa shape index (κ3) is 7.04. The van der Waals surface area contributed by atoms with Crippen LogP contribution in [0.2, 0.25) is 0 Å². The van der Waals surface area contributed by atoms with Gasteiger partial charge in [-0.15, -0.1) is 24.0 Å². The lowest BCUT2D eigenvalue weighted by molar-refractivity contribution is 0.271. The fraction of sp³-hybridized carbons (Fsp3) is 0.500. The minimum atomic E-state index is 0. The van der Waals surface area contributed by atoms with Crippen LogP contribution in [0.4, 0.5) is 0 Å². The lowest BCUT2D eigenvalue weighted by atomic mass is 10.2. The molecule has 0 fully saturated rings. The minimum absolute atomic E-state index is 0. The van der Waals surface area contributed by atoms with Gasteiger partial charge in [0.2, 0.25) is 0 Å². The standard InChI is InChI=1S/C20H31N5O.HI/c1-14(2)13-26-18-9-7-17(8-10-18)11-22-20(21-5)23-12-19-15(3)24-25(6)16(19)4;/h7-10,14H,11-13H2,1-6H3,(H2,21,22,23);1H. The van der Waals surface area contributed by atoms with Crippen LogP contribution in [0.15, 0.2) is 29.3 Å². The van der Waals surface area contributed by atoms with Gasteiger partial charge >= 0.3 is 0 Å². The molecule has 7 heteroatoms. The Bertz CT molecular complexity index is 738. The molecular formula is C20H32IN5O. The van der Waals surface area contributed by atoms with Crippen LogP contribution in [-0.2, 0) is 20.1 Å². The first-order valence-corrected chi connectivity index (χ1v) is 9.06. The first kappa shape index (κ1) is 23.3. The molecule has 1 aromatic carbocycles. The molecule has 2 aromatic rings. The molecule has 2 N–H and O–H groups in total. The Morgan fingerprint density at radius 2 is 1.78 bits per heavy atom. The maximum absolute atomic E-state index is 5.72. The smallest absolute Gasteiger partial charge is 0.191 e. The van der Waals surface area contributed by atoms with Crippen molar-refractivity contribution in [3.63, 3.8) is 0 Å². The van der Waals surface area contributed by atoms with Crippen LogP contribution in [0.5, 0.6) is 5.75 Å². The Kier molecular flexibility index (Phi) is 9.62. The van der Waals surface area contributed by atoms with Crippen LogP contribution in [0.1, 0.15) is 36.4 Å². The number of aromatic nitrogens is 2. The van der Waals surface area contributed by atoms with Gasteiger partial charge in [-0.1, -0.05) is 26.0 Å². The average Bonchev–Trinajstić information content (AvgIpc) is 2.86. The second kappa shape index (κ2) is 11.2. The number of hydrogen-bond donors (Lipinski definition) is 2. The van der Waals surface area contributed by atoms with Crippen molar-refractivity contribution in [1.82, 2.24) is 20.4 Å². The zero-order chi connectivity index (χ0) is 19.1. The Morgan fingerprint density at radius 1 is 1.15 bits per heavy atom. The number of ether oxygens (including phenoxy) is 1. The highest BCUT2D eigenvalue weighted by molar-refractivity contribution is 14.0. The summed E-state index contributed by atoms with van der Waals surface area (Å²) in [6, 6.07) is 8.17. The fourth-order valence-electron chi connectivity index (χ4n) is 2.62. The third-order valence-corrected chi connectivity index (χ3v) is 4.28. The summed E-state index contributed by atoms with van der Waals surface area (Å²) in [4.78, 5) is 4.29. The summed E-state index contributed by atoms with van der Waals surface area (Å²) in [6.45, 7) is 10.5. The lowest BCUT2D eigenvalue weighted by Crippen LogP contribution is -2.36. The second-order valence-electron chi connectivity index (χ2n) is 6.90. The first-order valence-electron chi connectivity index (χ1n) is 9.06. The zero-order valence-corrected chi connectivity index (χ0v) is 19.5. The average molecular weight is 485 g/mol. The van der Waals surface area contributed by atoms with E-state index in [1.165, 1.54) is 16.8 Å². The molecule has 0 bridgehead atoms. The van der Waals surface area contributed by atoms with Gasteiger partial charge in [0.05, 0.1) is 12.3 Å². The van der Waals surface area contributed by atoms with E-state index in [1.807, 2.05) is 30.8 Å². The zero-order valence-electron chi connectivity index (χ0n) is 17.2. The minimum Gasteiger partial charge on any atom is -0.493 e. The first-order chi connectivity index (χ1) is 12.4. The fourth-order valence-corrected chi connectivity index (χ4v) is 2.62. The summed E-state index contributed by atoms with van der Waals surface area (Å²) < 4.78 is 7.62. The van der Waals surface area contributed by atoms with Crippen molar-refractivity contribution in [1.29, 1.82) is 0 Å². The van der Waals surface area contributed by atoms with E-state index in [1.54, 1.807) is 7.05 Å². The number of aryl methyl sites for hydroxylation is 2. The van der Waals surface area contributed by atoms with E-state index in [2.05, 4.69) is 53.6 Å². The van der Waals surface area contributed by atoms with E-state index >= 15 is 0 Å². The molecule has 0 saturated carbocycles. The Labute approximate surface area is 179 Å². The van der Waals surface area contributed by atoms with Crippen molar-refractivity contribution in [2.45, 2.75) is 40.8 Å². The number of guanidine groups is 1. The van der Waals surface area contributed by atoms with Crippen LogP contribution in [0, 0.1) is 19.8 Å². The largest absolute Gasteiger partial charge is 0.493 e. The molecule has 6 nitrogen and oxygen atoms in total. The maximum atomic E-state index is 5.72. The quantitative estimate of drug-likeness (QED) is 0.358. The van der Waals surface area contributed by atoms with Gasteiger partial charge in [-0.05, 0) is 37.5 Å². The number of nitrogens with one attached hydrogen (secondary N) is 2. The van der Waals surface area contributed by atoms with Crippen LogP contribution in [-0.4, -0.2) is 29.4 Å². The van der Waals surface area contributed by atoms with Crippen molar-refractivity contribution in [2.75, 3.05) is 13.7 Å². The molecule has 0 saturated heterocycles. The SMILES string of the molecule is CN=C(NCc1ccc(OCC(C)C)cc1)NCc1c(C)nn(C)c1C.I. The molecule has 1 aromatic heterocycles. The summed E-state index contributed by atoms with van der Waals surface area (Å²) in [5, 5.41) is 11.1. The van der Waals surface area contributed by atoms with Crippen molar-refractivity contribution < 1.29 is 4.74 Å². The van der Waals surface area contributed by atoms with Gasteiger partial charge in [-0.2, -0.15) is 5.10 Å². The summed E-state index contributed by atoms with van der Waals surface area (Å²) >= 11 is 0. The molecule has 0 amide bonds. The van der Waals surface area contributed by atoms with Gasteiger partial charge in [0.1, 0.15) is 5.75 Å². The van der Waals surface area contributed by atoms with E-state index < -0.39 is 0 Å². The van der Waals surface area contributed by atoms with Crippen LogP contribution in [0.25, 0.3) is 0 Å². The third-order valence-electron chi connectivity index (χ3n) is 4.28. The number of benzene rings is 1. The number of aliphatic imine (C=N–C) groups is 1. The number of rotatable bonds is 7. The summed E-state index contributed by atoms with van der Waals surface area (Å²) in [5.74, 6) is 2.21. The van der Waals surface area contributed by atoms with Crippen LogP contribution >= 0.6 is 24.0 Å². The summed E-state index contributed by atoms with van der Waals surface area (Å²) in [5.41, 5.74) is 4.60. The predicted octanol–water partition coefficient (Wildman–Crippen LogP) is 3.55. The lowest BCUT2D eigenvalue weighted by Gasteiger charge is -2.13. The van der Waals surface area contributed by atoms with Crippen molar-refractivity contribution in [3.8, 4) is 5.75 Å².